The number of hydrogen-bond donors (Lipinski definition) is 2. The number of likely N-dealkylation sites (tertiary alicyclic amines) is 1. The maximum atomic E-state index is 12.1. The molecule has 0 aromatic rings. The number of hydrogen-bond acceptors (Lipinski definition) is 3. The molecule has 0 radical (unpaired) electrons. The Morgan fingerprint density at radius 2 is 2.00 bits per heavy atom. The average Bonchev–Trinajstić information content (AvgIpc) is 2.81. The molecule has 0 bridgehead atoms. The number of carboxylic acids is 1. The lowest BCUT2D eigenvalue weighted by Gasteiger charge is -2.34. The van der Waals surface area contributed by atoms with Crippen LogP contribution < -0.4 is 5.32 Å². The third-order valence-corrected chi connectivity index (χ3v) is 3.43. The van der Waals surface area contributed by atoms with Gasteiger partial charge in [-0.3, -0.25) is 4.79 Å². The van der Waals surface area contributed by atoms with Gasteiger partial charge in [0.1, 0.15) is 6.04 Å². The number of carbonyl (C=O) groups excluding carboxylic acids is 1. The van der Waals surface area contributed by atoms with Crippen LogP contribution in [0.25, 0.3) is 0 Å². The van der Waals surface area contributed by atoms with Gasteiger partial charge in [-0.15, -0.1) is 0 Å². The topological polar surface area (TPSA) is 69.6 Å². The first-order valence-corrected chi connectivity index (χ1v) is 5.97. The van der Waals surface area contributed by atoms with Crippen LogP contribution in [-0.4, -0.2) is 47.1 Å². The van der Waals surface area contributed by atoms with E-state index in [1.54, 1.807) is 4.90 Å². The van der Waals surface area contributed by atoms with Crippen molar-refractivity contribution in [3.8, 4) is 0 Å². The number of carboxylic acid groups (broad SMARTS) is 1. The van der Waals surface area contributed by atoms with Crippen molar-refractivity contribution in [1.82, 2.24) is 10.2 Å². The maximum Gasteiger partial charge on any atom is 0.326 e. The standard InChI is InChI=1S/C11H18N2O3/c14-10(8-4-3-6-12-8)13-7-2-1-5-9(13)11(15)16/h8-9,12H,1-7H2,(H,15,16)/t8-,9+/m0/s1. The fourth-order valence-electron chi connectivity index (χ4n) is 2.55. The Balaban J connectivity index is 2.04. The van der Waals surface area contributed by atoms with Crippen molar-refractivity contribution < 1.29 is 14.7 Å². The highest BCUT2D eigenvalue weighted by molar-refractivity contribution is 5.87. The van der Waals surface area contributed by atoms with Crippen LogP contribution in [0.2, 0.25) is 0 Å². The van der Waals surface area contributed by atoms with E-state index in [1.165, 1.54) is 0 Å². The number of rotatable bonds is 2. The Labute approximate surface area is 94.8 Å². The van der Waals surface area contributed by atoms with Crippen LogP contribution in [0.3, 0.4) is 0 Å². The summed E-state index contributed by atoms with van der Waals surface area (Å²) in [7, 11) is 0. The molecule has 2 atom stereocenters. The Kier molecular flexibility index (Phi) is 3.43. The van der Waals surface area contributed by atoms with E-state index in [0.717, 1.165) is 32.2 Å². The van der Waals surface area contributed by atoms with Gasteiger partial charge in [0.05, 0.1) is 6.04 Å². The van der Waals surface area contributed by atoms with Crippen molar-refractivity contribution in [3.63, 3.8) is 0 Å². The summed E-state index contributed by atoms with van der Waals surface area (Å²) in [5, 5.41) is 12.2. The summed E-state index contributed by atoms with van der Waals surface area (Å²) < 4.78 is 0. The molecular weight excluding hydrogens is 208 g/mol. The van der Waals surface area contributed by atoms with Gasteiger partial charge in [0, 0.05) is 6.54 Å². The molecule has 0 saturated carbocycles. The molecule has 2 aliphatic rings. The molecule has 2 N–H and O–H groups in total. The molecule has 2 rings (SSSR count). The highest BCUT2D eigenvalue weighted by Gasteiger charge is 2.35. The van der Waals surface area contributed by atoms with E-state index < -0.39 is 12.0 Å². The van der Waals surface area contributed by atoms with E-state index in [1.807, 2.05) is 0 Å². The van der Waals surface area contributed by atoms with Gasteiger partial charge < -0.3 is 15.3 Å². The maximum absolute atomic E-state index is 12.1. The van der Waals surface area contributed by atoms with Gasteiger partial charge in [0.25, 0.3) is 0 Å². The zero-order valence-corrected chi connectivity index (χ0v) is 9.32. The van der Waals surface area contributed by atoms with E-state index in [0.29, 0.717) is 13.0 Å². The highest BCUT2D eigenvalue weighted by atomic mass is 16.4. The van der Waals surface area contributed by atoms with Crippen molar-refractivity contribution in [2.75, 3.05) is 13.1 Å². The zero-order chi connectivity index (χ0) is 11.5. The monoisotopic (exact) mass is 226 g/mol. The quantitative estimate of drug-likeness (QED) is 0.706. The molecule has 2 fully saturated rings. The van der Waals surface area contributed by atoms with E-state index >= 15 is 0 Å². The van der Waals surface area contributed by atoms with Crippen LogP contribution in [0.15, 0.2) is 0 Å². The first-order chi connectivity index (χ1) is 7.70. The SMILES string of the molecule is O=C(O)[C@H]1CCCCN1C(=O)[C@@H]1CCCN1. The molecule has 1 amide bonds. The molecular formula is C11H18N2O3. The Bertz CT molecular complexity index is 287. The molecule has 0 aromatic heterocycles. The van der Waals surface area contributed by atoms with E-state index in [2.05, 4.69) is 5.32 Å². The van der Waals surface area contributed by atoms with Gasteiger partial charge in [0.2, 0.25) is 5.91 Å². The van der Waals surface area contributed by atoms with Crippen LogP contribution in [0, 0.1) is 0 Å². The van der Waals surface area contributed by atoms with Crippen LogP contribution in [0.5, 0.6) is 0 Å². The third kappa shape index (κ3) is 2.19. The van der Waals surface area contributed by atoms with Crippen LogP contribution >= 0.6 is 0 Å². The molecule has 16 heavy (non-hydrogen) atoms. The van der Waals surface area contributed by atoms with Crippen molar-refractivity contribution >= 4 is 11.9 Å². The number of nitrogens with one attached hydrogen (secondary N) is 1. The van der Waals surface area contributed by atoms with Crippen molar-refractivity contribution in [3.05, 3.63) is 0 Å². The second-order valence-electron chi connectivity index (χ2n) is 4.53. The molecule has 5 heteroatoms. The highest BCUT2D eigenvalue weighted by Crippen LogP contribution is 2.20. The Morgan fingerprint density at radius 1 is 1.19 bits per heavy atom. The van der Waals surface area contributed by atoms with E-state index in [4.69, 9.17) is 5.11 Å². The predicted molar refractivity (Wildman–Crippen MR) is 58.0 cm³/mol. The van der Waals surface area contributed by atoms with Crippen LogP contribution in [-0.2, 0) is 9.59 Å². The minimum atomic E-state index is -0.869. The van der Waals surface area contributed by atoms with Gasteiger partial charge in [-0.2, -0.15) is 0 Å². The lowest BCUT2D eigenvalue weighted by molar-refractivity contribution is -0.152. The average molecular weight is 226 g/mol. The summed E-state index contributed by atoms with van der Waals surface area (Å²) in [5.41, 5.74) is 0. The number of carbonyl (C=O) groups is 2. The molecule has 90 valence electrons. The number of amides is 1. The molecule has 0 aliphatic carbocycles. The van der Waals surface area contributed by atoms with Crippen molar-refractivity contribution in [1.29, 1.82) is 0 Å². The van der Waals surface area contributed by atoms with Gasteiger partial charge in [-0.1, -0.05) is 0 Å². The molecule has 5 nitrogen and oxygen atoms in total. The third-order valence-electron chi connectivity index (χ3n) is 3.43. The molecule has 2 saturated heterocycles. The second-order valence-corrected chi connectivity index (χ2v) is 4.53. The normalized spacial score (nSPS) is 30.4. The van der Waals surface area contributed by atoms with E-state index in [-0.39, 0.29) is 11.9 Å². The van der Waals surface area contributed by atoms with Crippen LogP contribution in [0.4, 0.5) is 0 Å². The summed E-state index contributed by atoms with van der Waals surface area (Å²) in [6.45, 7) is 1.45. The van der Waals surface area contributed by atoms with Crippen molar-refractivity contribution in [2.45, 2.75) is 44.2 Å². The Hall–Kier alpha value is -1.10. The predicted octanol–water partition coefficient (Wildman–Crippen LogP) is 0.204. The van der Waals surface area contributed by atoms with Gasteiger partial charge in [0.15, 0.2) is 0 Å². The fraction of sp³-hybridized carbons (Fsp3) is 0.818. The number of nitrogens with zero attached hydrogens (tertiary/aromatic N) is 1. The summed E-state index contributed by atoms with van der Waals surface area (Å²) in [4.78, 5) is 24.7. The number of aliphatic carboxylic acids is 1. The number of piperidine rings is 1. The zero-order valence-electron chi connectivity index (χ0n) is 9.32. The summed E-state index contributed by atoms with van der Waals surface area (Å²) in [6.07, 6.45) is 4.25. The van der Waals surface area contributed by atoms with Crippen LogP contribution in [0.1, 0.15) is 32.1 Å². The lowest BCUT2D eigenvalue weighted by atomic mass is 10.0. The second kappa shape index (κ2) is 4.82. The van der Waals surface area contributed by atoms with Gasteiger partial charge in [-0.05, 0) is 38.6 Å². The minimum absolute atomic E-state index is 0.0235. The molecule has 0 unspecified atom stereocenters. The lowest BCUT2D eigenvalue weighted by Crippen LogP contribution is -2.53. The minimum Gasteiger partial charge on any atom is -0.480 e. The summed E-state index contributed by atoms with van der Waals surface area (Å²) in [6, 6.07) is -0.761. The molecule has 2 heterocycles. The first kappa shape index (κ1) is 11.4. The first-order valence-electron chi connectivity index (χ1n) is 5.97. The summed E-state index contributed by atoms with van der Waals surface area (Å²) in [5.74, 6) is -0.893. The van der Waals surface area contributed by atoms with Gasteiger partial charge in [-0.25, -0.2) is 4.79 Å². The molecule has 0 spiro atoms. The smallest absolute Gasteiger partial charge is 0.326 e. The fourth-order valence-corrected chi connectivity index (χ4v) is 2.55. The summed E-state index contributed by atoms with van der Waals surface area (Å²) >= 11 is 0. The van der Waals surface area contributed by atoms with E-state index in [9.17, 15) is 9.59 Å². The molecule has 2 aliphatic heterocycles. The van der Waals surface area contributed by atoms with Gasteiger partial charge >= 0.3 is 5.97 Å². The Morgan fingerprint density at radius 3 is 2.62 bits per heavy atom. The van der Waals surface area contributed by atoms with Crippen molar-refractivity contribution in [2.24, 2.45) is 0 Å². The largest absolute Gasteiger partial charge is 0.480 e. The molecule has 0 aromatic carbocycles.